The van der Waals surface area contributed by atoms with E-state index in [1.807, 2.05) is 29.2 Å². The minimum absolute atomic E-state index is 0.0699. The van der Waals surface area contributed by atoms with Crippen LogP contribution in [0.1, 0.15) is 52.8 Å². The number of nitrogens with one attached hydrogen (secondary N) is 1. The third-order valence-corrected chi connectivity index (χ3v) is 6.67. The first-order valence-electron chi connectivity index (χ1n) is 10.9. The highest BCUT2D eigenvalue weighted by Gasteiger charge is 2.26. The molecule has 0 unspecified atom stereocenters. The first-order valence-corrected chi connectivity index (χ1v) is 11.7. The molecule has 1 N–H and O–H groups in total. The Morgan fingerprint density at radius 1 is 0.871 bits per heavy atom. The van der Waals surface area contributed by atoms with Crippen molar-refractivity contribution in [3.8, 4) is 0 Å². The van der Waals surface area contributed by atoms with Gasteiger partial charge in [0, 0.05) is 42.9 Å². The molecule has 2 aromatic rings. The van der Waals surface area contributed by atoms with Crippen LogP contribution in [0.2, 0.25) is 10.0 Å². The van der Waals surface area contributed by atoms with Gasteiger partial charge < -0.3 is 15.1 Å². The van der Waals surface area contributed by atoms with Gasteiger partial charge in [-0.15, -0.1) is 0 Å². The Morgan fingerprint density at radius 2 is 1.58 bits per heavy atom. The first-order chi connectivity index (χ1) is 15.0. The molecule has 0 aromatic heterocycles. The number of carbonyl (C=O) groups excluding carboxylic acids is 2. The standard InChI is InChI=1S/C24H27Cl2N3O2/c25-17-8-9-19(21(26)16-17)23(30)27-18-10-14-28(15-11-18)22-7-3-2-6-20(22)24(31)29-12-4-1-5-13-29/h2-3,6-9,16,18H,1,4-5,10-15H2,(H,27,30). The van der Waals surface area contributed by atoms with Crippen LogP contribution in [0, 0.1) is 0 Å². The maximum Gasteiger partial charge on any atom is 0.255 e. The predicted octanol–water partition coefficient (Wildman–Crippen LogP) is 5.02. The Hall–Kier alpha value is -2.24. The lowest BCUT2D eigenvalue weighted by Gasteiger charge is -2.36. The van der Waals surface area contributed by atoms with Crippen molar-refractivity contribution in [3.05, 3.63) is 63.6 Å². The summed E-state index contributed by atoms with van der Waals surface area (Å²) in [6.07, 6.45) is 4.98. The van der Waals surface area contributed by atoms with Crippen molar-refractivity contribution in [1.82, 2.24) is 10.2 Å². The van der Waals surface area contributed by atoms with Gasteiger partial charge in [0.25, 0.3) is 11.8 Å². The van der Waals surface area contributed by atoms with E-state index in [0.717, 1.165) is 63.1 Å². The van der Waals surface area contributed by atoms with Gasteiger partial charge in [-0.25, -0.2) is 0 Å². The Bertz CT molecular complexity index is 952. The molecule has 0 radical (unpaired) electrons. The van der Waals surface area contributed by atoms with Crippen LogP contribution in [0.3, 0.4) is 0 Å². The van der Waals surface area contributed by atoms with E-state index in [-0.39, 0.29) is 17.9 Å². The minimum Gasteiger partial charge on any atom is -0.371 e. The van der Waals surface area contributed by atoms with Crippen LogP contribution in [0.5, 0.6) is 0 Å². The fourth-order valence-corrected chi connectivity index (χ4v) is 4.89. The monoisotopic (exact) mass is 459 g/mol. The Kier molecular flexibility index (Phi) is 7.03. The number of piperidine rings is 2. The highest BCUT2D eigenvalue weighted by molar-refractivity contribution is 6.36. The molecule has 7 heteroatoms. The van der Waals surface area contributed by atoms with Crippen LogP contribution in [-0.4, -0.2) is 48.9 Å². The molecule has 2 saturated heterocycles. The number of rotatable bonds is 4. The Balaban J connectivity index is 1.39. The van der Waals surface area contributed by atoms with Crippen molar-refractivity contribution >= 4 is 40.7 Å². The minimum atomic E-state index is -0.180. The molecule has 5 nitrogen and oxygen atoms in total. The molecule has 0 bridgehead atoms. The van der Waals surface area contributed by atoms with Gasteiger partial charge >= 0.3 is 0 Å². The summed E-state index contributed by atoms with van der Waals surface area (Å²) < 4.78 is 0. The van der Waals surface area contributed by atoms with Gasteiger partial charge in [0.05, 0.1) is 16.1 Å². The number of hydrogen-bond donors (Lipinski definition) is 1. The number of nitrogens with zero attached hydrogens (tertiary/aromatic N) is 2. The van der Waals surface area contributed by atoms with Gasteiger partial charge in [0.15, 0.2) is 0 Å². The zero-order chi connectivity index (χ0) is 21.8. The zero-order valence-electron chi connectivity index (χ0n) is 17.4. The van der Waals surface area contributed by atoms with Crippen molar-refractivity contribution in [2.45, 2.75) is 38.1 Å². The van der Waals surface area contributed by atoms with Crippen LogP contribution >= 0.6 is 23.2 Å². The summed E-state index contributed by atoms with van der Waals surface area (Å²) in [4.78, 5) is 30.0. The highest BCUT2D eigenvalue weighted by atomic mass is 35.5. The third-order valence-electron chi connectivity index (χ3n) is 6.12. The Labute approximate surface area is 193 Å². The van der Waals surface area contributed by atoms with Crippen molar-refractivity contribution in [2.24, 2.45) is 0 Å². The summed E-state index contributed by atoms with van der Waals surface area (Å²) in [5.41, 5.74) is 2.20. The average Bonchev–Trinajstić information content (AvgIpc) is 2.79. The van der Waals surface area contributed by atoms with Crippen molar-refractivity contribution in [2.75, 3.05) is 31.1 Å². The number of benzene rings is 2. The van der Waals surface area contributed by atoms with Gasteiger partial charge in [-0.05, 0) is 62.4 Å². The smallest absolute Gasteiger partial charge is 0.255 e. The van der Waals surface area contributed by atoms with Crippen LogP contribution in [0.25, 0.3) is 0 Å². The summed E-state index contributed by atoms with van der Waals surface area (Å²) >= 11 is 12.1. The summed E-state index contributed by atoms with van der Waals surface area (Å²) in [5, 5.41) is 3.95. The van der Waals surface area contributed by atoms with E-state index in [1.54, 1.807) is 18.2 Å². The second-order valence-electron chi connectivity index (χ2n) is 8.23. The molecule has 2 amide bonds. The third kappa shape index (κ3) is 5.16. The molecule has 31 heavy (non-hydrogen) atoms. The lowest BCUT2D eigenvalue weighted by Crippen LogP contribution is -2.45. The maximum absolute atomic E-state index is 13.1. The Morgan fingerprint density at radius 3 is 2.29 bits per heavy atom. The average molecular weight is 460 g/mol. The lowest BCUT2D eigenvalue weighted by atomic mass is 10.0. The summed E-state index contributed by atoms with van der Waals surface area (Å²) in [7, 11) is 0. The molecule has 2 aliphatic rings. The molecule has 0 atom stereocenters. The number of hydrogen-bond acceptors (Lipinski definition) is 3. The predicted molar refractivity (Wildman–Crippen MR) is 125 cm³/mol. The highest BCUT2D eigenvalue weighted by Crippen LogP contribution is 2.27. The van der Waals surface area contributed by atoms with E-state index in [4.69, 9.17) is 23.2 Å². The van der Waals surface area contributed by atoms with E-state index in [0.29, 0.717) is 15.6 Å². The molecular weight excluding hydrogens is 433 g/mol. The fourth-order valence-electron chi connectivity index (χ4n) is 4.40. The number of likely N-dealkylation sites (tertiary alicyclic amines) is 1. The lowest BCUT2D eigenvalue weighted by molar-refractivity contribution is 0.0724. The SMILES string of the molecule is O=C(NC1CCN(c2ccccc2C(=O)N2CCCCC2)CC1)c1ccc(Cl)cc1Cl. The molecule has 164 valence electrons. The zero-order valence-corrected chi connectivity index (χ0v) is 19.0. The molecular formula is C24H27Cl2N3O2. The summed E-state index contributed by atoms with van der Waals surface area (Å²) in [6, 6.07) is 12.9. The maximum atomic E-state index is 13.1. The summed E-state index contributed by atoms with van der Waals surface area (Å²) in [6.45, 7) is 3.25. The van der Waals surface area contributed by atoms with Gasteiger partial charge in [-0.3, -0.25) is 9.59 Å². The quantitative estimate of drug-likeness (QED) is 0.698. The molecule has 4 rings (SSSR count). The van der Waals surface area contributed by atoms with Crippen LogP contribution < -0.4 is 10.2 Å². The largest absolute Gasteiger partial charge is 0.371 e. The molecule has 2 aliphatic heterocycles. The second kappa shape index (κ2) is 9.92. The molecule has 2 aromatic carbocycles. The topological polar surface area (TPSA) is 52.7 Å². The van der Waals surface area contributed by atoms with Gasteiger partial charge in [0.1, 0.15) is 0 Å². The van der Waals surface area contributed by atoms with Crippen molar-refractivity contribution in [3.63, 3.8) is 0 Å². The fraction of sp³-hybridized carbons (Fsp3) is 0.417. The number of anilines is 1. The normalized spacial score (nSPS) is 17.5. The number of halogens is 2. The molecule has 0 saturated carbocycles. The summed E-state index contributed by atoms with van der Waals surface area (Å²) in [5.74, 6) is -0.0519. The molecule has 2 heterocycles. The number of para-hydroxylation sites is 1. The van der Waals surface area contributed by atoms with Gasteiger partial charge in [0.2, 0.25) is 0 Å². The van der Waals surface area contributed by atoms with Gasteiger partial charge in [-0.1, -0.05) is 35.3 Å². The molecule has 2 fully saturated rings. The van der Waals surface area contributed by atoms with Gasteiger partial charge in [-0.2, -0.15) is 0 Å². The van der Waals surface area contributed by atoms with Crippen molar-refractivity contribution in [1.29, 1.82) is 0 Å². The van der Waals surface area contributed by atoms with E-state index in [9.17, 15) is 9.59 Å². The van der Waals surface area contributed by atoms with Crippen LogP contribution in [-0.2, 0) is 0 Å². The van der Waals surface area contributed by atoms with Crippen molar-refractivity contribution < 1.29 is 9.59 Å². The van der Waals surface area contributed by atoms with E-state index in [1.165, 1.54) is 6.42 Å². The van der Waals surface area contributed by atoms with Crippen LogP contribution in [0.4, 0.5) is 5.69 Å². The van der Waals surface area contributed by atoms with Crippen LogP contribution in [0.15, 0.2) is 42.5 Å². The van der Waals surface area contributed by atoms with E-state index in [2.05, 4.69) is 10.2 Å². The number of amides is 2. The first kappa shape index (κ1) is 22.0. The molecule has 0 aliphatic carbocycles. The van der Waals surface area contributed by atoms with E-state index < -0.39 is 0 Å². The molecule has 0 spiro atoms. The second-order valence-corrected chi connectivity index (χ2v) is 9.07. The van der Waals surface area contributed by atoms with E-state index >= 15 is 0 Å². The number of carbonyl (C=O) groups is 2.